The van der Waals surface area contributed by atoms with Crippen molar-refractivity contribution in [1.29, 1.82) is 0 Å². The molecule has 0 bridgehead atoms. The Kier molecular flexibility index (Phi) is 3.70. The monoisotopic (exact) mass is 190 g/mol. The lowest BCUT2D eigenvalue weighted by atomic mass is 9.95. The fourth-order valence-corrected chi connectivity index (χ4v) is 1.34. The van der Waals surface area contributed by atoms with Gasteiger partial charge >= 0.3 is 0 Å². The average molecular weight is 190 g/mol. The highest BCUT2D eigenvalue weighted by atomic mass is 16.5. The molecule has 14 heavy (non-hydrogen) atoms. The molecule has 1 rings (SSSR count). The summed E-state index contributed by atoms with van der Waals surface area (Å²) in [5.74, 6) is 2.51. The number of terminal acetylenes is 1. The van der Waals surface area contributed by atoms with Crippen molar-refractivity contribution in [2.24, 2.45) is 0 Å². The summed E-state index contributed by atoms with van der Waals surface area (Å²) in [6.07, 6.45) is 5.40. The molecule has 0 amide bonds. The summed E-state index contributed by atoms with van der Waals surface area (Å²) in [4.78, 5) is 0. The first kappa shape index (κ1) is 10.8. The summed E-state index contributed by atoms with van der Waals surface area (Å²) in [7, 11) is 0. The van der Waals surface area contributed by atoms with E-state index in [9.17, 15) is 5.11 Å². The first-order valence-electron chi connectivity index (χ1n) is 4.57. The van der Waals surface area contributed by atoms with Crippen LogP contribution in [0.4, 0.5) is 0 Å². The summed E-state index contributed by atoms with van der Waals surface area (Å²) in [6.45, 7) is 2.12. The second kappa shape index (κ2) is 4.80. The minimum atomic E-state index is -0.990. The zero-order valence-electron chi connectivity index (χ0n) is 8.23. The van der Waals surface area contributed by atoms with Crippen LogP contribution in [0, 0.1) is 12.3 Å². The van der Waals surface area contributed by atoms with Crippen LogP contribution in [0.3, 0.4) is 0 Å². The van der Waals surface area contributed by atoms with Crippen LogP contribution < -0.4 is 0 Å². The van der Waals surface area contributed by atoms with Gasteiger partial charge < -0.3 is 9.84 Å². The fourth-order valence-electron chi connectivity index (χ4n) is 1.34. The smallest absolute Gasteiger partial charge is 0.176 e. The molecule has 1 N–H and O–H groups in total. The molecule has 0 spiro atoms. The molecule has 0 saturated carbocycles. The molecule has 0 radical (unpaired) electrons. The largest absolute Gasteiger partial charge is 0.392 e. The van der Waals surface area contributed by atoms with Crippen LogP contribution in [0.5, 0.6) is 0 Å². The van der Waals surface area contributed by atoms with Crippen LogP contribution in [0.25, 0.3) is 0 Å². The molecule has 0 fully saturated rings. The first-order chi connectivity index (χ1) is 6.79. The molecule has 0 unspecified atom stereocenters. The van der Waals surface area contributed by atoms with Gasteiger partial charge in [0.25, 0.3) is 0 Å². The maximum Gasteiger partial charge on any atom is 0.176 e. The Morgan fingerprint density at radius 2 is 2.07 bits per heavy atom. The second-order valence-electron chi connectivity index (χ2n) is 2.93. The Labute approximate surface area is 84.5 Å². The maximum absolute atomic E-state index is 9.29. The van der Waals surface area contributed by atoms with Gasteiger partial charge in [0.05, 0.1) is 6.61 Å². The molecular formula is C12H14O2. The highest BCUT2D eigenvalue weighted by molar-refractivity contribution is 5.31. The number of hydrogen-bond acceptors (Lipinski definition) is 2. The Morgan fingerprint density at radius 1 is 1.43 bits per heavy atom. The maximum atomic E-state index is 9.29. The molecule has 2 heteroatoms. The Balaban J connectivity index is 3.06. The summed E-state index contributed by atoms with van der Waals surface area (Å²) < 4.78 is 5.43. The van der Waals surface area contributed by atoms with Crippen molar-refractivity contribution in [3.05, 3.63) is 35.9 Å². The van der Waals surface area contributed by atoms with Crippen LogP contribution in [-0.4, -0.2) is 18.3 Å². The van der Waals surface area contributed by atoms with Crippen molar-refractivity contribution in [2.45, 2.75) is 12.5 Å². The van der Waals surface area contributed by atoms with Gasteiger partial charge in [-0.25, -0.2) is 0 Å². The summed E-state index contributed by atoms with van der Waals surface area (Å²) in [5.41, 5.74) is -0.178. The Morgan fingerprint density at radius 3 is 2.50 bits per heavy atom. The molecule has 0 heterocycles. The lowest BCUT2D eigenvalue weighted by Gasteiger charge is -2.26. The van der Waals surface area contributed by atoms with E-state index in [0.29, 0.717) is 6.61 Å². The third kappa shape index (κ3) is 1.95. The SMILES string of the molecule is C#C[C@](CO)(OCC)c1ccccc1. The number of benzene rings is 1. The zero-order valence-corrected chi connectivity index (χ0v) is 8.23. The van der Waals surface area contributed by atoms with Crippen molar-refractivity contribution < 1.29 is 9.84 Å². The van der Waals surface area contributed by atoms with Gasteiger partial charge in [0, 0.05) is 6.61 Å². The van der Waals surface area contributed by atoms with Crippen molar-refractivity contribution in [3.8, 4) is 12.3 Å². The topological polar surface area (TPSA) is 29.5 Å². The third-order valence-corrected chi connectivity index (χ3v) is 2.09. The van der Waals surface area contributed by atoms with E-state index in [1.807, 2.05) is 37.3 Å². The van der Waals surface area contributed by atoms with E-state index in [1.54, 1.807) is 0 Å². The molecule has 0 aromatic heterocycles. The molecule has 0 aliphatic rings. The van der Waals surface area contributed by atoms with Gasteiger partial charge in [0.1, 0.15) is 0 Å². The minimum absolute atomic E-state index is 0.207. The van der Waals surface area contributed by atoms with E-state index < -0.39 is 5.60 Å². The van der Waals surface area contributed by atoms with Gasteiger partial charge in [-0.2, -0.15) is 0 Å². The fraction of sp³-hybridized carbons (Fsp3) is 0.333. The van der Waals surface area contributed by atoms with Crippen molar-refractivity contribution in [1.82, 2.24) is 0 Å². The standard InChI is InChI=1S/C12H14O2/c1-3-12(10-13,14-4-2)11-8-6-5-7-9-11/h1,5-9,13H,4,10H2,2H3/t12-/m1/s1. The molecule has 2 nitrogen and oxygen atoms in total. The number of aliphatic hydroxyl groups excluding tert-OH is 1. The van der Waals surface area contributed by atoms with Crippen molar-refractivity contribution in [2.75, 3.05) is 13.2 Å². The molecule has 0 aliphatic carbocycles. The second-order valence-corrected chi connectivity index (χ2v) is 2.93. The minimum Gasteiger partial charge on any atom is -0.392 e. The van der Waals surface area contributed by atoms with E-state index in [1.165, 1.54) is 0 Å². The van der Waals surface area contributed by atoms with E-state index in [0.717, 1.165) is 5.56 Å². The van der Waals surface area contributed by atoms with Gasteiger partial charge in [-0.05, 0) is 12.5 Å². The molecule has 0 aliphatic heterocycles. The van der Waals surface area contributed by atoms with E-state index >= 15 is 0 Å². The number of hydrogen-bond donors (Lipinski definition) is 1. The first-order valence-corrected chi connectivity index (χ1v) is 4.57. The molecule has 1 aromatic rings. The molecular weight excluding hydrogens is 176 g/mol. The number of ether oxygens (including phenoxy) is 1. The average Bonchev–Trinajstić information content (AvgIpc) is 2.27. The molecule has 0 saturated heterocycles. The Bertz CT molecular complexity index is 313. The normalized spacial score (nSPS) is 14.4. The summed E-state index contributed by atoms with van der Waals surface area (Å²) in [6, 6.07) is 9.35. The Hall–Kier alpha value is -1.30. The predicted octanol–water partition coefficient (Wildman–Crippen LogP) is 1.54. The number of aliphatic hydroxyl groups is 1. The molecule has 1 atom stereocenters. The molecule has 1 aromatic carbocycles. The van der Waals surface area contributed by atoms with Crippen LogP contribution in [0.15, 0.2) is 30.3 Å². The van der Waals surface area contributed by atoms with Crippen molar-refractivity contribution >= 4 is 0 Å². The van der Waals surface area contributed by atoms with Crippen LogP contribution in [0.1, 0.15) is 12.5 Å². The third-order valence-electron chi connectivity index (χ3n) is 2.09. The van der Waals surface area contributed by atoms with E-state index in [-0.39, 0.29) is 6.61 Å². The van der Waals surface area contributed by atoms with Crippen LogP contribution >= 0.6 is 0 Å². The van der Waals surface area contributed by atoms with Gasteiger partial charge in [0.2, 0.25) is 0 Å². The van der Waals surface area contributed by atoms with Gasteiger partial charge in [0.15, 0.2) is 5.60 Å². The van der Waals surface area contributed by atoms with E-state index in [4.69, 9.17) is 11.2 Å². The summed E-state index contributed by atoms with van der Waals surface area (Å²) in [5, 5.41) is 9.29. The van der Waals surface area contributed by atoms with Gasteiger partial charge in [-0.1, -0.05) is 36.3 Å². The van der Waals surface area contributed by atoms with Crippen LogP contribution in [-0.2, 0) is 10.3 Å². The van der Waals surface area contributed by atoms with E-state index in [2.05, 4.69) is 5.92 Å². The number of rotatable bonds is 4. The summed E-state index contributed by atoms with van der Waals surface area (Å²) >= 11 is 0. The quantitative estimate of drug-likeness (QED) is 0.730. The lowest BCUT2D eigenvalue weighted by Crippen LogP contribution is -2.32. The highest BCUT2D eigenvalue weighted by Crippen LogP contribution is 2.24. The van der Waals surface area contributed by atoms with Gasteiger partial charge in [-0.15, -0.1) is 6.42 Å². The predicted molar refractivity (Wildman–Crippen MR) is 55.7 cm³/mol. The van der Waals surface area contributed by atoms with Crippen molar-refractivity contribution in [3.63, 3.8) is 0 Å². The highest BCUT2D eigenvalue weighted by Gasteiger charge is 2.29. The van der Waals surface area contributed by atoms with Gasteiger partial charge in [-0.3, -0.25) is 0 Å². The zero-order chi connectivity index (χ0) is 10.4. The van der Waals surface area contributed by atoms with Crippen LogP contribution in [0.2, 0.25) is 0 Å². The molecule has 74 valence electrons. The lowest BCUT2D eigenvalue weighted by molar-refractivity contribution is -0.0363.